The number of thiophene rings is 1. The molecule has 2 rings (SSSR count). The molecule has 2 aromatic rings. The molecule has 120 valence electrons. The molecule has 0 aliphatic rings. The average Bonchev–Trinajstić information content (AvgIpc) is 3.04. The van der Waals surface area contributed by atoms with Crippen molar-refractivity contribution >= 4 is 41.3 Å². The lowest BCUT2D eigenvalue weighted by atomic mass is 10.2. The topological polar surface area (TPSA) is 58.5 Å². The van der Waals surface area contributed by atoms with E-state index in [1.165, 1.54) is 4.88 Å². The Morgan fingerprint density at radius 3 is 2.91 bits per heavy atom. The first-order valence-corrected chi connectivity index (χ1v) is 7.65. The summed E-state index contributed by atoms with van der Waals surface area (Å²) in [6.45, 7) is 1.54. The summed E-state index contributed by atoms with van der Waals surface area (Å²) in [5.41, 5.74) is 1.10. The van der Waals surface area contributed by atoms with E-state index in [2.05, 4.69) is 38.1 Å². The molecule has 0 aromatic carbocycles. The van der Waals surface area contributed by atoms with Gasteiger partial charge in [-0.05, 0) is 29.5 Å². The molecule has 0 fully saturated rings. The number of nitrogens with one attached hydrogen (secondary N) is 2. The fraction of sp³-hybridized carbons (Fsp3) is 0.333. The van der Waals surface area contributed by atoms with Gasteiger partial charge in [0.05, 0.1) is 7.11 Å². The summed E-state index contributed by atoms with van der Waals surface area (Å²) in [4.78, 5) is 9.68. The van der Waals surface area contributed by atoms with Gasteiger partial charge in [-0.25, -0.2) is 4.98 Å². The molecular weight excluding hydrogens is 411 g/mol. The molecular formula is C15H21IN4OS. The number of guanidine groups is 1. The number of methoxy groups -OCH3 is 1. The van der Waals surface area contributed by atoms with Gasteiger partial charge in [-0.1, -0.05) is 6.07 Å². The molecule has 0 atom stereocenters. The first-order chi connectivity index (χ1) is 10.3. The van der Waals surface area contributed by atoms with Gasteiger partial charge in [0, 0.05) is 37.3 Å². The maximum absolute atomic E-state index is 5.11. The average molecular weight is 432 g/mol. The fourth-order valence-corrected chi connectivity index (χ4v) is 2.55. The van der Waals surface area contributed by atoms with Crippen molar-refractivity contribution in [2.24, 2.45) is 4.99 Å². The van der Waals surface area contributed by atoms with Crippen molar-refractivity contribution in [2.75, 3.05) is 20.7 Å². The van der Waals surface area contributed by atoms with Crippen molar-refractivity contribution in [3.63, 3.8) is 0 Å². The van der Waals surface area contributed by atoms with Crippen LogP contribution in [-0.2, 0) is 13.0 Å². The number of pyridine rings is 1. The third-order valence-electron chi connectivity index (χ3n) is 2.94. The molecule has 2 heterocycles. The SMILES string of the molecule is CN=C(NCCc1cccs1)NCc1ccnc(OC)c1.I. The van der Waals surface area contributed by atoms with Gasteiger partial charge in [-0.15, -0.1) is 35.3 Å². The van der Waals surface area contributed by atoms with Crippen LogP contribution in [0.4, 0.5) is 0 Å². The minimum atomic E-state index is 0. The highest BCUT2D eigenvalue weighted by atomic mass is 127. The van der Waals surface area contributed by atoms with E-state index in [-0.39, 0.29) is 24.0 Å². The number of ether oxygens (including phenoxy) is 1. The Morgan fingerprint density at radius 1 is 1.36 bits per heavy atom. The van der Waals surface area contributed by atoms with Gasteiger partial charge >= 0.3 is 0 Å². The number of hydrogen-bond acceptors (Lipinski definition) is 4. The van der Waals surface area contributed by atoms with Crippen LogP contribution >= 0.6 is 35.3 Å². The summed E-state index contributed by atoms with van der Waals surface area (Å²) in [6, 6.07) is 8.08. The second kappa shape index (κ2) is 10.4. The quantitative estimate of drug-likeness (QED) is 0.419. The second-order valence-corrected chi connectivity index (χ2v) is 5.42. The normalized spacial score (nSPS) is 10.7. The molecule has 2 N–H and O–H groups in total. The van der Waals surface area contributed by atoms with E-state index >= 15 is 0 Å². The van der Waals surface area contributed by atoms with Crippen molar-refractivity contribution in [1.29, 1.82) is 0 Å². The van der Waals surface area contributed by atoms with E-state index in [0.29, 0.717) is 12.4 Å². The summed E-state index contributed by atoms with van der Waals surface area (Å²) < 4.78 is 5.11. The van der Waals surface area contributed by atoms with Crippen LogP contribution < -0.4 is 15.4 Å². The van der Waals surface area contributed by atoms with E-state index in [4.69, 9.17) is 4.74 Å². The summed E-state index contributed by atoms with van der Waals surface area (Å²) >= 11 is 1.78. The molecule has 7 heteroatoms. The monoisotopic (exact) mass is 432 g/mol. The Labute approximate surface area is 152 Å². The van der Waals surface area contributed by atoms with Crippen LogP contribution in [0.25, 0.3) is 0 Å². The first kappa shape index (κ1) is 18.7. The summed E-state index contributed by atoms with van der Waals surface area (Å²) in [5.74, 6) is 1.41. The first-order valence-electron chi connectivity index (χ1n) is 6.77. The molecule has 0 saturated carbocycles. The van der Waals surface area contributed by atoms with Crippen LogP contribution in [0.5, 0.6) is 5.88 Å². The summed E-state index contributed by atoms with van der Waals surface area (Å²) in [7, 11) is 3.39. The van der Waals surface area contributed by atoms with Crippen LogP contribution in [0.1, 0.15) is 10.4 Å². The predicted molar refractivity (Wildman–Crippen MR) is 102 cm³/mol. The van der Waals surface area contributed by atoms with Crippen LogP contribution in [0, 0.1) is 0 Å². The lowest BCUT2D eigenvalue weighted by molar-refractivity contribution is 0.397. The zero-order chi connectivity index (χ0) is 14.9. The highest BCUT2D eigenvalue weighted by Gasteiger charge is 2.01. The maximum Gasteiger partial charge on any atom is 0.213 e. The van der Waals surface area contributed by atoms with Crippen molar-refractivity contribution in [3.05, 3.63) is 46.3 Å². The van der Waals surface area contributed by atoms with Crippen LogP contribution in [0.15, 0.2) is 40.8 Å². The van der Waals surface area contributed by atoms with Crippen molar-refractivity contribution < 1.29 is 4.74 Å². The number of aliphatic imine (C=N–C) groups is 1. The smallest absolute Gasteiger partial charge is 0.213 e. The molecule has 0 radical (unpaired) electrons. The molecule has 0 amide bonds. The lowest BCUT2D eigenvalue weighted by Crippen LogP contribution is -2.37. The van der Waals surface area contributed by atoms with E-state index < -0.39 is 0 Å². The molecule has 2 aromatic heterocycles. The van der Waals surface area contributed by atoms with E-state index in [1.807, 2.05) is 12.1 Å². The molecule has 0 saturated heterocycles. The maximum atomic E-state index is 5.11. The number of aromatic nitrogens is 1. The number of hydrogen-bond donors (Lipinski definition) is 2. The third-order valence-corrected chi connectivity index (χ3v) is 3.87. The van der Waals surface area contributed by atoms with Crippen LogP contribution in [0.3, 0.4) is 0 Å². The highest BCUT2D eigenvalue weighted by Crippen LogP contribution is 2.09. The van der Waals surface area contributed by atoms with Gasteiger partial charge in [0.1, 0.15) is 0 Å². The van der Waals surface area contributed by atoms with E-state index in [9.17, 15) is 0 Å². The van der Waals surface area contributed by atoms with Crippen LogP contribution in [-0.4, -0.2) is 31.6 Å². The molecule has 0 bridgehead atoms. The van der Waals surface area contributed by atoms with Gasteiger partial charge in [-0.2, -0.15) is 0 Å². The zero-order valence-corrected chi connectivity index (χ0v) is 15.9. The van der Waals surface area contributed by atoms with E-state index in [1.54, 1.807) is 31.7 Å². The standard InChI is InChI=1S/C15H20N4OS.HI/c1-16-15(18-8-6-13-4-3-9-21-13)19-11-12-5-7-17-14(10-12)20-2;/h3-5,7,9-10H,6,8,11H2,1-2H3,(H2,16,18,19);1H. The molecule has 0 spiro atoms. The summed E-state index contributed by atoms with van der Waals surface area (Å²) in [6.07, 6.45) is 2.74. The Morgan fingerprint density at radius 2 is 2.23 bits per heavy atom. The second-order valence-electron chi connectivity index (χ2n) is 4.39. The number of nitrogens with zero attached hydrogens (tertiary/aromatic N) is 2. The lowest BCUT2D eigenvalue weighted by Gasteiger charge is -2.11. The molecule has 22 heavy (non-hydrogen) atoms. The third kappa shape index (κ3) is 6.18. The fourth-order valence-electron chi connectivity index (χ4n) is 1.84. The van der Waals surface area contributed by atoms with Crippen LogP contribution in [0.2, 0.25) is 0 Å². The van der Waals surface area contributed by atoms with Gasteiger partial charge in [-0.3, -0.25) is 4.99 Å². The minimum Gasteiger partial charge on any atom is -0.481 e. The van der Waals surface area contributed by atoms with Gasteiger partial charge < -0.3 is 15.4 Å². The summed E-state index contributed by atoms with van der Waals surface area (Å²) in [5, 5.41) is 8.68. The Hall–Kier alpha value is -1.35. The molecule has 0 aliphatic carbocycles. The van der Waals surface area contributed by atoms with Gasteiger partial charge in [0.15, 0.2) is 5.96 Å². The van der Waals surface area contributed by atoms with Crippen molar-refractivity contribution in [3.8, 4) is 5.88 Å². The van der Waals surface area contributed by atoms with Gasteiger partial charge in [0.25, 0.3) is 0 Å². The molecule has 5 nitrogen and oxygen atoms in total. The van der Waals surface area contributed by atoms with E-state index in [0.717, 1.165) is 24.5 Å². The Bertz CT molecular complexity index is 575. The molecule has 0 aliphatic heterocycles. The number of rotatable bonds is 6. The zero-order valence-electron chi connectivity index (χ0n) is 12.7. The Kier molecular flexibility index (Phi) is 8.83. The predicted octanol–water partition coefficient (Wildman–Crippen LogP) is 2.68. The highest BCUT2D eigenvalue weighted by molar-refractivity contribution is 14.0. The minimum absolute atomic E-state index is 0. The molecule has 0 unspecified atom stereocenters. The Balaban J connectivity index is 0.00000242. The van der Waals surface area contributed by atoms with Crippen molar-refractivity contribution in [2.45, 2.75) is 13.0 Å². The largest absolute Gasteiger partial charge is 0.481 e. The number of halogens is 1. The van der Waals surface area contributed by atoms with Gasteiger partial charge in [0.2, 0.25) is 5.88 Å². The van der Waals surface area contributed by atoms with Crippen molar-refractivity contribution in [1.82, 2.24) is 15.6 Å².